The molecule has 2 aromatic rings. The monoisotopic (exact) mass is 393 g/mol. The number of nitrogens with two attached hydrogens (primary N) is 1. The molecule has 138 valence electrons. The molecule has 0 unspecified atom stereocenters. The minimum atomic E-state index is -3.76. The van der Waals surface area contributed by atoms with Crippen LogP contribution in [0.3, 0.4) is 0 Å². The number of anilines is 2. The van der Waals surface area contributed by atoms with Gasteiger partial charge in [0, 0.05) is 11.4 Å². The van der Waals surface area contributed by atoms with Gasteiger partial charge in [0.05, 0.1) is 16.4 Å². The first kappa shape index (κ1) is 20.0. The van der Waals surface area contributed by atoms with Crippen LogP contribution in [0.1, 0.15) is 5.56 Å². The number of amides is 2. The molecule has 0 aliphatic carbocycles. The summed E-state index contributed by atoms with van der Waals surface area (Å²) in [6.45, 7) is 1.93. The highest BCUT2D eigenvalue weighted by molar-refractivity contribution is 8.00. The maximum Gasteiger partial charge on any atom is 0.238 e. The first-order valence-corrected chi connectivity index (χ1v) is 10.3. The smallest absolute Gasteiger partial charge is 0.238 e. The van der Waals surface area contributed by atoms with Gasteiger partial charge in [-0.3, -0.25) is 9.59 Å². The molecule has 0 bridgehead atoms. The van der Waals surface area contributed by atoms with E-state index in [1.165, 1.54) is 36.0 Å². The van der Waals surface area contributed by atoms with Gasteiger partial charge in [-0.25, -0.2) is 13.6 Å². The zero-order valence-corrected chi connectivity index (χ0v) is 15.7. The van der Waals surface area contributed by atoms with Gasteiger partial charge in [0.1, 0.15) is 0 Å². The van der Waals surface area contributed by atoms with Crippen molar-refractivity contribution in [3.63, 3.8) is 0 Å². The minimum Gasteiger partial charge on any atom is -0.325 e. The number of nitrogens with one attached hydrogen (secondary N) is 2. The lowest BCUT2D eigenvalue weighted by molar-refractivity contribution is -0.114. The van der Waals surface area contributed by atoms with Gasteiger partial charge >= 0.3 is 0 Å². The van der Waals surface area contributed by atoms with Gasteiger partial charge in [-0.15, -0.1) is 11.8 Å². The predicted octanol–water partition coefficient (Wildman–Crippen LogP) is 1.95. The average Bonchev–Trinajstić information content (AvgIpc) is 2.54. The van der Waals surface area contributed by atoms with E-state index in [4.69, 9.17) is 5.14 Å². The summed E-state index contributed by atoms with van der Waals surface area (Å²) in [7, 11) is -3.76. The molecule has 0 aromatic heterocycles. The number of carbonyl (C=O) groups excluding carboxylic acids is 2. The van der Waals surface area contributed by atoms with Crippen molar-refractivity contribution >= 4 is 45.0 Å². The number of aryl methyl sites for hydroxylation is 1. The van der Waals surface area contributed by atoms with Gasteiger partial charge in [-0.05, 0) is 48.9 Å². The first-order chi connectivity index (χ1) is 12.2. The Morgan fingerprint density at radius 2 is 1.54 bits per heavy atom. The maximum atomic E-state index is 11.9. The Labute approximate surface area is 156 Å². The normalized spacial score (nSPS) is 11.0. The molecule has 26 heavy (non-hydrogen) atoms. The number of sulfonamides is 1. The molecule has 4 N–H and O–H groups in total. The molecular formula is C17H19N3O4S2. The second-order valence-corrected chi connectivity index (χ2v) is 8.08. The summed E-state index contributed by atoms with van der Waals surface area (Å²) in [5.74, 6) is -0.239. The van der Waals surface area contributed by atoms with E-state index in [-0.39, 0.29) is 28.2 Å². The van der Waals surface area contributed by atoms with Crippen molar-refractivity contribution in [1.82, 2.24) is 0 Å². The van der Waals surface area contributed by atoms with E-state index in [9.17, 15) is 18.0 Å². The Hall–Kier alpha value is -2.36. The molecule has 0 radical (unpaired) electrons. The summed E-state index contributed by atoms with van der Waals surface area (Å²) >= 11 is 1.18. The van der Waals surface area contributed by atoms with Crippen LogP contribution in [0.2, 0.25) is 0 Å². The van der Waals surface area contributed by atoms with Crippen molar-refractivity contribution in [1.29, 1.82) is 0 Å². The Balaban J connectivity index is 1.75. The molecule has 0 saturated heterocycles. The van der Waals surface area contributed by atoms with Gasteiger partial charge in [0.15, 0.2) is 0 Å². The van der Waals surface area contributed by atoms with Crippen LogP contribution in [0.4, 0.5) is 11.4 Å². The summed E-state index contributed by atoms with van der Waals surface area (Å²) in [6.07, 6.45) is 0. The predicted molar refractivity (Wildman–Crippen MR) is 104 cm³/mol. The van der Waals surface area contributed by atoms with Crippen LogP contribution in [0, 0.1) is 6.92 Å². The number of thioether (sulfide) groups is 1. The first-order valence-electron chi connectivity index (χ1n) is 7.61. The number of primary sulfonamides is 1. The zero-order chi connectivity index (χ0) is 19.2. The molecule has 0 atom stereocenters. The van der Waals surface area contributed by atoms with Crippen LogP contribution in [0.15, 0.2) is 53.4 Å². The zero-order valence-electron chi connectivity index (χ0n) is 14.1. The molecule has 2 amide bonds. The molecule has 0 saturated carbocycles. The molecule has 2 rings (SSSR count). The lowest BCUT2D eigenvalue weighted by Gasteiger charge is -2.07. The van der Waals surface area contributed by atoms with E-state index >= 15 is 0 Å². The molecule has 0 aliphatic heterocycles. The number of rotatable bonds is 7. The van der Waals surface area contributed by atoms with Crippen molar-refractivity contribution in [3.8, 4) is 0 Å². The Morgan fingerprint density at radius 3 is 2.08 bits per heavy atom. The van der Waals surface area contributed by atoms with Crippen molar-refractivity contribution in [2.24, 2.45) is 5.14 Å². The van der Waals surface area contributed by atoms with Gasteiger partial charge in [0.2, 0.25) is 21.8 Å². The number of benzene rings is 2. The third-order valence-electron chi connectivity index (χ3n) is 3.23. The fraction of sp³-hybridized carbons (Fsp3) is 0.176. The topological polar surface area (TPSA) is 118 Å². The van der Waals surface area contributed by atoms with Gasteiger partial charge in [-0.2, -0.15) is 0 Å². The van der Waals surface area contributed by atoms with E-state index in [0.29, 0.717) is 5.69 Å². The molecule has 0 fully saturated rings. The second kappa shape index (κ2) is 8.84. The van der Waals surface area contributed by atoms with Crippen LogP contribution in [0.25, 0.3) is 0 Å². The maximum absolute atomic E-state index is 11.9. The highest BCUT2D eigenvalue weighted by atomic mass is 32.2. The Morgan fingerprint density at radius 1 is 0.962 bits per heavy atom. The van der Waals surface area contributed by atoms with Crippen LogP contribution in [0.5, 0.6) is 0 Å². The highest BCUT2D eigenvalue weighted by Crippen LogP contribution is 2.14. The summed E-state index contributed by atoms with van der Waals surface area (Å²) in [4.78, 5) is 23.7. The molecule has 2 aromatic carbocycles. The molecule has 9 heteroatoms. The third kappa shape index (κ3) is 6.51. The van der Waals surface area contributed by atoms with E-state index in [0.717, 1.165) is 11.3 Å². The Kier molecular flexibility index (Phi) is 6.78. The Bertz CT molecular complexity index is 896. The van der Waals surface area contributed by atoms with Crippen LogP contribution in [-0.2, 0) is 19.6 Å². The molecule has 0 heterocycles. The van der Waals surface area contributed by atoms with Gasteiger partial charge in [-0.1, -0.05) is 12.1 Å². The second-order valence-electron chi connectivity index (χ2n) is 5.53. The minimum absolute atomic E-state index is 0.0299. The highest BCUT2D eigenvalue weighted by Gasteiger charge is 2.09. The van der Waals surface area contributed by atoms with Crippen molar-refractivity contribution in [3.05, 3.63) is 54.1 Å². The number of hydrogen-bond acceptors (Lipinski definition) is 5. The van der Waals surface area contributed by atoms with Crippen LogP contribution >= 0.6 is 11.8 Å². The summed E-state index contributed by atoms with van der Waals surface area (Å²) in [5, 5.41) is 10.4. The largest absolute Gasteiger partial charge is 0.325 e. The third-order valence-corrected chi connectivity index (χ3v) is 5.10. The van der Waals surface area contributed by atoms with Crippen molar-refractivity contribution < 1.29 is 18.0 Å². The quantitative estimate of drug-likeness (QED) is 0.664. The lowest BCUT2D eigenvalue weighted by Crippen LogP contribution is -2.18. The van der Waals surface area contributed by atoms with Crippen molar-refractivity contribution in [2.75, 3.05) is 22.1 Å². The number of carbonyl (C=O) groups is 2. The van der Waals surface area contributed by atoms with E-state index in [1.54, 1.807) is 6.07 Å². The van der Waals surface area contributed by atoms with Gasteiger partial charge in [0.25, 0.3) is 0 Å². The van der Waals surface area contributed by atoms with E-state index in [1.807, 2.05) is 25.1 Å². The summed E-state index contributed by atoms with van der Waals surface area (Å²) in [5.41, 5.74) is 2.21. The molecule has 0 aliphatic rings. The van der Waals surface area contributed by atoms with Crippen LogP contribution in [-0.4, -0.2) is 31.7 Å². The van der Waals surface area contributed by atoms with Gasteiger partial charge < -0.3 is 10.6 Å². The fourth-order valence-electron chi connectivity index (χ4n) is 2.08. The van der Waals surface area contributed by atoms with E-state index in [2.05, 4.69) is 10.6 Å². The van der Waals surface area contributed by atoms with Crippen LogP contribution < -0.4 is 15.8 Å². The SMILES string of the molecule is Cc1cccc(NC(=O)CSCC(=O)Nc2ccc(S(N)(=O)=O)cc2)c1. The fourth-order valence-corrected chi connectivity index (χ4v) is 3.21. The molecular weight excluding hydrogens is 374 g/mol. The lowest BCUT2D eigenvalue weighted by atomic mass is 10.2. The van der Waals surface area contributed by atoms with Crippen molar-refractivity contribution in [2.45, 2.75) is 11.8 Å². The standard InChI is InChI=1S/C17H19N3O4S2/c1-12-3-2-4-14(9-12)20-17(22)11-25-10-16(21)19-13-5-7-15(8-6-13)26(18,23)24/h2-9H,10-11H2,1H3,(H,19,21)(H,20,22)(H2,18,23,24). The summed E-state index contributed by atoms with van der Waals surface area (Å²) in [6, 6.07) is 13.0. The molecule has 7 nitrogen and oxygen atoms in total. The van der Waals surface area contributed by atoms with E-state index < -0.39 is 10.0 Å². The number of hydrogen-bond donors (Lipinski definition) is 3. The molecule has 0 spiro atoms. The summed E-state index contributed by atoms with van der Waals surface area (Å²) < 4.78 is 22.3. The average molecular weight is 393 g/mol.